The van der Waals surface area contributed by atoms with Crippen molar-refractivity contribution >= 4 is 22.9 Å². The molecule has 78 valence electrons. The molecular formula is C11H16ClNS. The highest BCUT2D eigenvalue weighted by atomic mass is 35.5. The maximum absolute atomic E-state index is 6.49. The van der Waals surface area contributed by atoms with Gasteiger partial charge in [-0.25, -0.2) is 0 Å². The van der Waals surface area contributed by atoms with Crippen LogP contribution in [0.25, 0.3) is 0 Å². The molecule has 1 fully saturated rings. The second-order valence-electron chi connectivity index (χ2n) is 4.29. The fourth-order valence-electron chi connectivity index (χ4n) is 2.30. The van der Waals surface area contributed by atoms with Gasteiger partial charge in [-0.05, 0) is 30.9 Å². The summed E-state index contributed by atoms with van der Waals surface area (Å²) >= 11 is 7.59. The van der Waals surface area contributed by atoms with Gasteiger partial charge in [0.15, 0.2) is 0 Å². The maximum atomic E-state index is 6.49. The van der Waals surface area contributed by atoms with Crippen LogP contribution in [-0.2, 0) is 5.54 Å². The Hall–Kier alpha value is -0.0500. The summed E-state index contributed by atoms with van der Waals surface area (Å²) < 4.78 is 0.850. The summed E-state index contributed by atoms with van der Waals surface area (Å²) in [5, 5.41) is 0. The zero-order chi connectivity index (χ0) is 10.2. The van der Waals surface area contributed by atoms with Gasteiger partial charge in [-0.1, -0.05) is 31.4 Å². The second-order valence-corrected chi connectivity index (χ2v) is 6.01. The molecule has 2 unspecified atom stereocenters. The van der Waals surface area contributed by atoms with Gasteiger partial charge in [-0.2, -0.15) is 0 Å². The van der Waals surface area contributed by atoms with Crippen molar-refractivity contribution in [3.8, 4) is 0 Å². The minimum atomic E-state index is -0.115. The SMILES string of the molecule is CC1CCCCC1(N)c1ccc(Cl)s1. The highest BCUT2D eigenvalue weighted by molar-refractivity contribution is 7.16. The van der Waals surface area contributed by atoms with Crippen molar-refractivity contribution in [3.63, 3.8) is 0 Å². The third kappa shape index (κ3) is 1.71. The fourth-order valence-corrected chi connectivity index (χ4v) is 3.59. The van der Waals surface area contributed by atoms with Crippen molar-refractivity contribution in [1.82, 2.24) is 0 Å². The first kappa shape index (κ1) is 10.5. The molecule has 3 heteroatoms. The van der Waals surface area contributed by atoms with Gasteiger partial charge in [0.25, 0.3) is 0 Å². The largest absolute Gasteiger partial charge is 0.321 e. The zero-order valence-electron chi connectivity index (χ0n) is 8.42. The Morgan fingerprint density at radius 3 is 2.86 bits per heavy atom. The lowest BCUT2D eigenvalue weighted by Gasteiger charge is -2.38. The van der Waals surface area contributed by atoms with E-state index in [2.05, 4.69) is 13.0 Å². The number of hydrogen-bond acceptors (Lipinski definition) is 2. The molecule has 1 aromatic rings. The first-order valence-corrected chi connectivity index (χ1v) is 6.37. The van der Waals surface area contributed by atoms with Gasteiger partial charge >= 0.3 is 0 Å². The molecule has 1 heterocycles. The molecule has 0 amide bonds. The normalized spacial score (nSPS) is 33.2. The van der Waals surface area contributed by atoms with E-state index in [1.54, 1.807) is 11.3 Å². The number of rotatable bonds is 1. The van der Waals surface area contributed by atoms with E-state index in [-0.39, 0.29) is 5.54 Å². The quantitative estimate of drug-likeness (QED) is 0.780. The van der Waals surface area contributed by atoms with Crippen molar-refractivity contribution in [2.75, 3.05) is 0 Å². The molecule has 0 radical (unpaired) electrons. The van der Waals surface area contributed by atoms with Crippen LogP contribution in [0, 0.1) is 5.92 Å². The topological polar surface area (TPSA) is 26.0 Å². The first-order chi connectivity index (χ1) is 6.63. The lowest BCUT2D eigenvalue weighted by Crippen LogP contribution is -2.44. The molecule has 0 saturated heterocycles. The molecule has 0 spiro atoms. The molecule has 0 aliphatic heterocycles. The number of halogens is 1. The molecule has 1 aliphatic carbocycles. The molecule has 1 saturated carbocycles. The van der Waals surface area contributed by atoms with E-state index in [0.717, 1.165) is 10.8 Å². The van der Waals surface area contributed by atoms with Crippen LogP contribution in [0.15, 0.2) is 12.1 Å². The standard InChI is InChI=1S/C11H16ClNS/c1-8-4-2-3-7-11(8,13)9-5-6-10(12)14-9/h5-6,8H,2-4,7,13H2,1H3. The van der Waals surface area contributed by atoms with Crippen LogP contribution in [0.5, 0.6) is 0 Å². The summed E-state index contributed by atoms with van der Waals surface area (Å²) in [6.07, 6.45) is 4.91. The Kier molecular flexibility index (Phi) is 2.87. The van der Waals surface area contributed by atoms with Crippen molar-refractivity contribution in [3.05, 3.63) is 21.3 Å². The zero-order valence-corrected chi connectivity index (χ0v) is 10.00. The predicted molar refractivity (Wildman–Crippen MR) is 62.8 cm³/mol. The first-order valence-electron chi connectivity index (χ1n) is 5.17. The van der Waals surface area contributed by atoms with E-state index in [4.69, 9.17) is 17.3 Å². The predicted octanol–water partition coefficient (Wildman–Crippen LogP) is 3.77. The van der Waals surface area contributed by atoms with Crippen LogP contribution < -0.4 is 5.73 Å². The van der Waals surface area contributed by atoms with Gasteiger partial charge in [-0.3, -0.25) is 0 Å². The molecule has 2 atom stereocenters. The van der Waals surface area contributed by atoms with E-state index in [0.29, 0.717) is 5.92 Å². The summed E-state index contributed by atoms with van der Waals surface area (Å²) in [4.78, 5) is 1.26. The molecule has 2 rings (SSSR count). The van der Waals surface area contributed by atoms with Gasteiger partial charge in [0.05, 0.1) is 9.88 Å². The van der Waals surface area contributed by atoms with E-state index in [1.807, 2.05) is 6.07 Å². The van der Waals surface area contributed by atoms with Gasteiger partial charge < -0.3 is 5.73 Å². The molecular weight excluding hydrogens is 214 g/mol. The van der Waals surface area contributed by atoms with Crippen LogP contribution in [0.2, 0.25) is 4.34 Å². The van der Waals surface area contributed by atoms with E-state index in [9.17, 15) is 0 Å². The molecule has 1 aromatic heterocycles. The van der Waals surface area contributed by atoms with E-state index >= 15 is 0 Å². The minimum absolute atomic E-state index is 0.115. The Balaban J connectivity index is 2.29. The minimum Gasteiger partial charge on any atom is -0.321 e. The second kappa shape index (κ2) is 3.84. The highest BCUT2D eigenvalue weighted by Crippen LogP contribution is 2.42. The van der Waals surface area contributed by atoms with Gasteiger partial charge in [0.2, 0.25) is 0 Å². The third-order valence-corrected chi connectivity index (χ3v) is 4.81. The van der Waals surface area contributed by atoms with Crippen LogP contribution in [0.3, 0.4) is 0 Å². The fraction of sp³-hybridized carbons (Fsp3) is 0.636. The Morgan fingerprint density at radius 1 is 1.50 bits per heavy atom. The smallest absolute Gasteiger partial charge is 0.0931 e. The van der Waals surface area contributed by atoms with Gasteiger partial charge in [0, 0.05) is 4.88 Å². The van der Waals surface area contributed by atoms with Crippen LogP contribution >= 0.6 is 22.9 Å². The third-order valence-electron chi connectivity index (χ3n) is 3.39. The van der Waals surface area contributed by atoms with Crippen molar-refractivity contribution in [2.45, 2.75) is 38.1 Å². The van der Waals surface area contributed by atoms with Crippen molar-refractivity contribution in [1.29, 1.82) is 0 Å². The van der Waals surface area contributed by atoms with E-state index < -0.39 is 0 Å². The molecule has 1 nitrogen and oxygen atoms in total. The monoisotopic (exact) mass is 229 g/mol. The summed E-state index contributed by atoms with van der Waals surface area (Å²) in [5.41, 5.74) is 6.37. The number of nitrogens with two attached hydrogens (primary N) is 1. The Morgan fingerprint density at radius 2 is 2.29 bits per heavy atom. The van der Waals surface area contributed by atoms with Gasteiger partial charge in [-0.15, -0.1) is 11.3 Å². The van der Waals surface area contributed by atoms with Crippen LogP contribution in [0.1, 0.15) is 37.5 Å². The Bertz CT molecular complexity index is 323. The van der Waals surface area contributed by atoms with Crippen molar-refractivity contribution in [2.24, 2.45) is 11.7 Å². The summed E-state index contributed by atoms with van der Waals surface area (Å²) in [6.45, 7) is 2.26. The summed E-state index contributed by atoms with van der Waals surface area (Å²) in [5.74, 6) is 0.575. The summed E-state index contributed by atoms with van der Waals surface area (Å²) in [7, 11) is 0. The average Bonchev–Trinajstić information content (AvgIpc) is 2.58. The van der Waals surface area contributed by atoms with E-state index in [1.165, 1.54) is 24.1 Å². The lowest BCUT2D eigenvalue weighted by atomic mass is 9.73. The van der Waals surface area contributed by atoms with Crippen LogP contribution in [-0.4, -0.2) is 0 Å². The summed E-state index contributed by atoms with van der Waals surface area (Å²) in [6, 6.07) is 4.05. The van der Waals surface area contributed by atoms with Crippen molar-refractivity contribution < 1.29 is 0 Å². The maximum Gasteiger partial charge on any atom is 0.0931 e. The molecule has 2 N–H and O–H groups in total. The molecule has 14 heavy (non-hydrogen) atoms. The Labute approximate surface area is 94.3 Å². The molecule has 0 bridgehead atoms. The lowest BCUT2D eigenvalue weighted by molar-refractivity contribution is 0.211. The van der Waals surface area contributed by atoms with Crippen LogP contribution in [0.4, 0.5) is 0 Å². The average molecular weight is 230 g/mol. The molecule has 0 aromatic carbocycles. The highest BCUT2D eigenvalue weighted by Gasteiger charge is 2.36. The molecule has 1 aliphatic rings. The number of hydrogen-bond donors (Lipinski definition) is 1. The number of thiophene rings is 1. The van der Waals surface area contributed by atoms with Gasteiger partial charge in [0.1, 0.15) is 0 Å².